The van der Waals surface area contributed by atoms with Crippen molar-refractivity contribution in [2.24, 2.45) is 16.6 Å². The quantitative estimate of drug-likeness (QED) is 0.269. The molecule has 1 amide bonds. The molecule has 1 saturated heterocycles. The van der Waals surface area contributed by atoms with Gasteiger partial charge in [-0.3, -0.25) is 14.6 Å². The lowest BCUT2D eigenvalue weighted by atomic mass is 9.95. The summed E-state index contributed by atoms with van der Waals surface area (Å²) in [5.74, 6) is 0.905. The van der Waals surface area contributed by atoms with Crippen molar-refractivity contribution in [2.45, 2.75) is 58.3 Å². The SMILES string of the molecule is CCOC(=O)CCCCCCNC(=NC)N1CCCC(CC(N)=O)C1. The van der Waals surface area contributed by atoms with Crippen LogP contribution in [0.2, 0.25) is 0 Å². The Labute approximate surface area is 151 Å². The van der Waals surface area contributed by atoms with Crippen LogP contribution in [0.4, 0.5) is 0 Å². The van der Waals surface area contributed by atoms with E-state index in [1.54, 1.807) is 7.05 Å². The van der Waals surface area contributed by atoms with E-state index >= 15 is 0 Å². The maximum atomic E-state index is 11.2. The molecule has 1 heterocycles. The van der Waals surface area contributed by atoms with Crippen LogP contribution in [0, 0.1) is 5.92 Å². The Morgan fingerprint density at radius 2 is 2.04 bits per heavy atom. The molecular formula is C18H34N4O3. The zero-order chi connectivity index (χ0) is 18.5. The van der Waals surface area contributed by atoms with Gasteiger partial charge >= 0.3 is 5.97 Å². The van der Waals surface area contributed by atoms with Crippen molar-refractivity contribution in [3.8, 4) is 0 Å². The van der Waals surface area contributed by atoms with Crippen molar-refractivity contribution < 1.29 is 14.3 Å². The highest BCUT2D eigenvalue weighted by Gasteiger charge is 2.23. The fourth-order valence-corrected chi connectivity index (χ4v) is 3.22. The topological polar surface area (TPSA) is 97.0 Å². The number of primary amides is 1. The first kappa shape index (κ1) is 21.3. The number of aliphatic imine (C=N–C) groups is 1. The van der Waals surface area contributed by atoms with Crippen LogP contribution < -0.4 is 11.1 Å². The van der Waals surface area contributed by atoms with Gasteiger partial charge in [-0.15, -0.1) is 0 Å². The number of carbonyl (C=O) groups is 2. The van der Waals surface area contributed by atoms with E-state index in [9.17, 15) is 9.59 Å². The molecule has 1 aliphatic rings. The van der Waals surface area contributed by atoms with Crippen LogP contribution in [0.1, 0.15) is 58.3 Å². The van der Waals surface area contributed by atoms with E-state index in [0.717, 1.165) is 64.1 Å². The molecule has 0 radical (unpaired) electrons. The molecule has 1 fully saturated rings. The molecule has 0 aromatic rings. The number of unbranched alkanes of at least 4 members (excludes halogenated alkanes) is 3. The molecular weight excluding hydrogens is 320 g/mol. The average Bonchev–Trinajstić information content (AvgIpc) is 2.57. The first-order chi connectivity index (χ1) is 12.1. The van der Waals surface area contributed by atoms with E-state index in [0.29, 0.717) is 25.4 Å². The molecule has 0 bridgehead atoms. The molecule has 0 spiro atoms. The van der Waals surface area contributed by atoms with Crippen molar-refractivity contribution in [2.75, 3.05) is 33.3 Å². The lowest BCUT2D eigenvalue weighted by molar-refractivity contribution is -0.143. The molecule has 0 saturated carbocycles. The maximum Gasteiger partial charge on any atom is 0.305 e. The van der Waals surface area contributed by atoms with Gasteiger partial charge in [-0.1, -0.05) is 12.8 Å². The molecule has 1 atom stereocenters. The number of rotatable bonds is 10. The number of nitrogens with one attached hydrogen (secondary N) is 1. The van der Waals surface area contributed by atoms with E-state index in [-0.39, 0.29) is 11.9 Å². The monoisotopic (exact) mass is 354 g/mol. The van der Waals surface area contributed by atoms with Gasteiger partial charge in [0.2, 0.25) is 5.91 Å². The molecule has 7 nitrogen and oxygen atoms in total. The minimum Gasteiger partial charge on any atom is -0.466 e. The molecule has 7 heteroatoms. The van der Waals surface area contributed by atoms with Crippen LogP contribution in [0.5, 0.6) is 0 Å². The normalized spacial score (nSPS) is 18.1. The van der Waals surface area contributed by atoms with Gasteiger partial charge < -0.3 is 20.7 Å². The Kier molecular flexibility index (Phi) is 10.7. The smallest absolute Gasteiger partial charge is 0.305 e. The summed E-state index contributed by atoms with van der Waals surface area (Å²) < 4.78 is 4.91. The van der Waals surface area contributed by atoms with Crippen molar-refractivity contribution >= 4 is 17.8 Å². The number of nitrogens with zero attached hydrogens (tertiary/aromatic N) is 2. The van der Waals surface area contributed by atoms with Crippen molar-refractivity contribution in [3.63, 3.8) is 0 Å². The summed E-state index contributed by atoms with van der Waals surface area (Å²) in [4.78, 5) is 28.9. The van der Waals surface area contributed by atoms with Crippen LogP contribution in [-0.2, 0) is 14.3 Å². The van der Waals surface area contributed by atoms with Crippen LogP contribution in [-0.4, -0.2) is 56.0 Å². The van der Waals surface area contributed by atoms with Gasteiger partial charge in [0.25, 0.3) is 0 Å². The van der Waals surface area contributed by atoms with E-state index < -0.39 is 0 Å². The molecule has 144 valence electrons. The third kappa shape index (κ3) is 9.31. The Balaban J connectivity index is 2.17. The zero-order valence-electron chi connectivity index (χ0n) is 15.8. The van der Waals surface area contributed by atoms with Gasteiger partial charge in [0.05, 0.1) is 6.61 Å². The minimum atomic E-state index is -0.224. The molecule has 1 rings (SSSR count). The molecule has 0 aliphatic carbocycles. The molecule has 1 unspecified atom stereocenters. The number of hydrogen-bond donors (Lipinski definition) is 2. The number of carbonyl (C=O) groups excluding carboxylic acids is 2. The van der Waals surface area contributed by atoms with Gasteiger partial charge in [-0.25, -0.2) is 0 Å². The van der Waals surface area contributed by atoms with Crippen molar-refractivity contribution in [1.29, 1.82) is 0 Å². The van der Waals surface area contributed by atoms with Gasteiger partial charge in [-0.2, -0.15) is 0 Å². The highest BCUT2D eigenvalue weighted by atomic mass is 16.5. The van der Waals surface area contributed by atoms with E-state index in [1.165, 1.54) is 0 Å². The van der Waals surface area contributed by atoms with Crippen molar-refractivity contribution in [1.82, 2.24) is 10.2 Å². The zero-order valence-corrected chi connectivity index (χ0v) is 15.8. The lowest BCUT2D eigenvalue weighted by Crippen LogP contribution is -2.47. The third-order valence-corrected chi connectivity index (χ3v) is 4.42. The van der Waals surface area contributed by atoms with Crippen LogP contribution in [0.15, 0.2) is 4.99 Å². The summed E-state index contributed by atoms with van der Waals surface area (Å²) in [6.07, 6.45) is 7.11. The van der Waals surface area contributed by atoms with Crippen LogP contribution in [0.3, 0.4) is 0 Å². The number of esters is 1. The Morgan fingerprint density at radius 1 is 1.28 bits per heavy atom. The summed E-state index contributed by atoms with van der Waals surface area (Å²) >= 11 is 0. The van der Waals surface area contributed by atoms with Crippen molar-refractivity contribution in [3.05, 3.63) is 0 Å². The second kappa shape index (κ2) is 12.6. The number of guanidine groups is 1. The summed E-state index contributed by atoms with van der Waals surface area (Å²) in [5, 5.41) is 3.40. The lowest BCUT2D eigenvalue weighted by Gasteiger charge is -2.34. The highest BCUT2D eigenvalue weighted by Crippen LogP contribution is 2.19. The average molecular weight is 354 g/mol. The largest absolute Gasteiger partial charge is 0.466 e. The van der Waals surface area contributed by atoms with E-state index in [4.69, 9.17) is 10.5 Å². The second-order valence-corrected chi connectivity index (χ2v) is 6.57. The van der Waals surface area contributed by atoms with Crippen LogP contribution >= 0.6 is 0 Å². The minimum absolute atomic E-state index is 0.100. The fraction of sp³-hybridized carbons (Fsp3) is 0.833. The predicted molar refractivity (Wildman–Crippen MR) is 99.2 cm³/mol. The number of nitrogens with two attached hydrogens (primary N) is 1. The molecule has 25 heavy (non-hydrogen) atoms. The van der Waals surface area contributed by atoms with Gasteiger partial charge in [0.1, 0.15) is 0 Å². The first-order valence-corrected chi connectivity index (χ1v) is 9.46. The molecule has 0 aromatic carbocycles. The number of amides is 1. The Morgan fingerprint density at radius 3 is 2.72 bits per heavy atom. The predicted octanol–water partition coefficient (Wildman–Crippen LogP) is 1.66. The summed E-state index contributed by atoms with van der Waals surface area (Å²) in [5.41, 5.74) is 5.32. The Bertz CT molecular complexity index is 440. The standard InChI is InChI=1S/C18H34N4O3/c1-3-25-17(24)10-6-4-5-7-11-21-18(20-2)22-12-8-9-15(14-22)13-16(19)23/h15H,3-14H2,1-2H3,(H2,19,23)(H,20,21). The maximum absolute atomic E-state index is 11.2. The number of hydrogen-bond acceptors (Lipinski definition) is 4. The summed E-state index contributed by atoms with van der Waals surface area (Å²) in [7, 11) is 1.79. The fourth-order valence-electron chi connectivity index (χ4n) is 3.22. The summed E-state index contributed by atoms with van der Waals surface area (Å²) in [6.45, 7) is 4.95. The second-order valence-electron chi connectivity index (χ2n) is 6.57. The Hall–Kier alpha value is -1.79. The van der Waals surface area contributed by atoms with Gasteiger partial charge in [-0.05, 0) is 38.5 Å². The van der Waals surface area contributed by atoms with E-state index in [1.807, 2.05) is 6.92 Å². The van der Waals surface area contributed by atoms with Gasteiger partial charge in [0.15, 0.2) is 5.96 Å². The molecule has 1 aliphatic heterocycles. The van der Waals surface area contributed by atoms with E-state index in [2.05, 4.69) is 15.2 Å². The van der Waals surface area contributed by atoms with Gasteiger partial charge in [0, 0.05) is 39.5 Å². The highest BCUT2D eigenvalue weighted by molar-refractivity contribution is 5.80. The number of likely N-dealkylation sites (tertiary alicyclic amines) is 1. The number of piperidine rings is 1. The first-order valence-electron chi connectivity index (χ1n) is 9.46. The number of ether oxygens (including phenoxy) is 1. The third-order valence-electron chi connectivity index (χ3n) is 4.42. The summed E-state index contributed by atoms with van der Waals surface area (Å²) in [6, 6.07) is 0. The van der Waals surface area contributed by atoms with Crippen LogP contribution in [0.25, 0.3) is 0 Å². The molecule has 3 N–H and O–H groups in total. The molecule has 0 aromatic heterocycles.